The van der Waals surface area contributed by atoms with Crippen LogP contribution in [-0.2, 0) is 11.3 Å². The van der Waals surface area contributed by atoms with Gasteiger partial charge >= 0.3 is 12.0 Å². The lowest BCUT2D eigenvalue weighted by molar-refractivity contribution is -0.137. The minimum atomic E-state index is -0.881. The summed E-state index contributed by atoms with van der Waals surface area (Å²) in [6, 6.07) is 3.11. The maximum absolute atomic E-state index is 11.6. The molecule has 1 aliphatic heterocycles. The number of hydrogen-bond acceptors (Lipinski definition) is 4. The molecular weight excluding hydrogens is 312 g/mol. The van der Waals surface area contributed by atoms with Crippen molar-refractivity contribution in [3.8, 4) is 11.5 Å². The topological polar surface area (TPSA) is 96.9 Å². The normalized spacial score (nSPS) is 12.6. The zero-order valence-electron chi connectivity index (χ0n) is 11.9. The first kappa shape index (κ1) is 16.2. The number of carboxylic acids is 1. The molecule has 2 amide bonds. The lowest BCUT2D eigenvalue weighted by atomic mass is 10.2. The van der Waals surface area contributed by atoms with E-state index < -0.39 is 5.97 Å². The summed E-state index contributed by atoms with van der Waals surface area (Å²) >= 11 is 6.11. The van der Waals surface area contributed by atoms with Gasteiger partial charge in [0.1, 0.15) is 13.2 Å². The first-order valence-corrected chi connectivity index (χ1v) is 7.25. The highest BCUT2D eigenvalue weighted by Crippen LogP contribution is 2.38. The van der Waals surface area contributed by atoms with Gasteiger partial charge < -0.3 is 25.2 Å². The second kappa shape index (κ2) is 7.74. The molecule has 8 heteroatoms. The predicted octanol–water partition coefficient (Wildman–Crippen LogP) is 1.78. The zero-order chi connectivity index (χ0) is 15.9. The highest BCUT2D eigenvalue weighted by Gasteiger charge is 2.16. The third-order valence-electron chi connectivity index (χ3n) is 2.96. The second-order valence-corrected chi connectivity index (χ2v) is 5.12. The zero-order valence-corrected chi connectivity index (χ0v) is 12.6. The van der Waals surface area contributed by atoms with Crippen molar-refractivity contribution in [1.29, 1.82) is 0 Å². The molecule has 0 unspecified atom stereocenters. The van der Waals surface area contributed by atoms with E-state index in [2.05, 4.69) is 10.6 Å². The number of carboxylic acid groups (broad SMARTS) is 1. The fraction of sp³-hybridized carbons (Fsp3) is 0.429. The summed E-state index contributed by atoms with van der Waals surface area (Å²) in [4.78, 5) is 21.9. The van der Waals surface area contributed by atoms with Crippen LogP contribution in [0.25, 0.3) is 0 Å². The summed E-state index contributed by atoms with van der Waals surface area (Å²) in [5.41, 5.74) is 0.787. The number of nitrogens with one attached hydrogen (secondary N) is 2. The van der Waals surface area contributed by atoms with Crippen LogP contribution in [0.15, 0.2) is 12.1 Å². The number of fused-ring (bicyclic) bond motifs is 1. The van der Waals surface area contributed by atoms with E-state index >= 15 is 0 Å². The molecule has 0 saturated heterocycles. The molecule has 3 N–H and O–H groups in total. The molecule has 0 radical (unpaired) electrons. The van der Waals surface area contributed by atoms with Gasteiger partial charge in [-0.2, -0.15) is 0 Å². The average Bonchev–Trinajstić information content (AvgIpc) is 2.49. The minimum absolute atomic E-state index is 0.0258. The molecule has 1 aromatic carbocycles. The molecule has 2 rings (SSSR count). The van der Waals surface area contributed by atoms with Gasteiger partial charge in [-0.05, 0) is 24.1 Å². The van der Waals surface area contributed by atoms with Crippen molar-refractivity contribution >= 4 is 23.6 Å². The number of hydrogen-bond donors (Lipinski definition) is 3. The van der Waals surface area contributed by atoms with Crippen molar-refractivity contribution in [2.45, 2.75) is 19.4 Å². The Morgan fingerprint density at radius 2 is 2.00 bits per heavy atom. The van der Waals surface area contributed by atoms with Crippen LogP contribution in [0.4, 0.5) is 4.79 Å². The maximum atomic E-state index is 11.6. The predicted molar refractivity (Wildman–Crippen MR) is 79.6 cm³/mol. The van der Waals surface area contributed by atoms with Crippen molar-refractivity contribution in [2.24, 2.45) is 0 Å². The van der Waals surface area contributed by atoms with Gasteiger partial charge in [0.05, 0.1) is 5.02 Å². The van der Waals surface area contributed by atoms with Crippen molar-refractivity contribution in [3.05, 3.63) is 22.7 Å². The Kier molecular flexibility index (Phi) is 5.71. The van der Waals surface area contributed by atoms with Gasteiger partial charge in [-0.3, -0.25) is 4.79 Å². The van der Waals surface area contributed by atoms with Crippen LogP contribution in [0.2, 0.25) is 5.02 Å². The van der Waals surface area contributed by atoms with Gasteiger partial charge in [0.15, 0.2) is 11.5 Å². The monoisotopic (exact) mass is 328 g/mol. The van der Waals surface area contributed by atoms with E-state index in [1.807, 2.05) is 0 Å². The lowest BCUT2D eigenvalue weighted by Crippen LogP contribution is -2.35. The van der Waals surface area contributed by atoms with Crippen molar-refractivity contribution in [1.82, 2.24) is 10.6 Å². The van der Waals surface area contributed by atoms with Crippen LogP contribution in [0.1, 0.15) is 18.4 Å². The molecule has 1 aromatic rings. The van der Waals surface area contributed by atoms with E-state index in [-0.39, 0.29) is 19.0 Å². The molecule has 0 aromatic heterocycles. The van der Waals surface area contributed by atoms with Crippen molar-refractivity contribution in [2.75, 3.05) is 19.8 Å². The Morgan fingerprint density at radius 3 is 2.77 bits per heavy atom. The first-order valence-electron chi connectivity index (χ1n) is 6.88. The Hall–Kier alpha value is -2.15. The van der Waals surface area contributed by atoms with E-state index in [9.17, 15) is 9.59 Å². The molecule has 7 nitrogen and oxygen atoms in total. The molecule has 0 atom stereocenters. The molecule has 0 fully saturated rings. The summed E-state index contributed by atoms with van der Waals surface area (Å²) in [5.74, 6) is 0.209. The van der Waals surface area contributed by atoms with Crippen LogP contribution in [0.5, 0.6) is 11.5 Å². The molecule has 0 spiro atoms. The Balaban J connectivity index is 1.80. The third-order valence-corrected chi connectivity index (χ3v) is 3.24. The lowest BCUT2D eigenvalue weighted by Gasteiger charge is -2.20. The molecule has 1 heterocycles. The van der Waals surface area contributed by atoms with E-state index in [4.69, 9.17) is 26.2 Å². The fourth-order valence-corrected chi connectivity index (χ4v) is 2.24. The van der Waals surface area contributed by atoms with E-state index in [1.54, 1.807) is 12.1 Å². The fourth-order valence-electron chi connectivity index (χ4n) is 1.95. The summed E-state index contributed by atoms with van der Waals surface area (Å²) in [7, 11) is 0. The summed E-state index contributed by atoms with van der Waals surface area (Å²) in [5, 5.41) is 14.2. The standard InChI is InChI=1S/C14H17ClN2O5/c15-10-6-9(7-11-13(10)22-5-4-21-11)8-17-14(20)16-3-1-2-12(18)19/h6-7H,1-5,8H2,(H,18,19)(H2,16,17,20). The molecule has 1 aliphatic rings. The van der Waals surface area contributed by atoms with Crippen LogP contribution >= 0.6 is 11.6 Å². The largest absolute Gasteiger partial charge is 0.486 e. The molecule has 0 bridgehead atoms. The number of benzene rings is 1. The smallest absolute Gasteiger partial charge is 0.315 e. The van der Waals surface area contributed by atoms with Crippen LogP contribution < -0.4 is 20.1 Å². The van der Waals surface area contributed by atoms with Gasteiger partial charge in [0, 0.05) is 19.5 Å². The van der Waals surface area contributed by atoms with Crippen LogP contribution in [-0.4, -0.2) is 36.9 Å². The Morgan fingerprint density at radius 1 is 1.23 bits per heavy atom. The minimum Gasteiger partial charge on any atom is -0.486 e. The van der Waals surface area contributed by atoms with Gasteiger partial charge in [0.25, 0.3) is 0 Å². The van der Waals surface area contributed by atoms with Gasteiger partial charge in [-0.25, -0.2) is 4.79 Å². The van der Waals surface area contributed by atoms with Gasteiger partial charge in [0.2, 0.25) is 0 Å². The quantitative estimate of drug-likeness (QED) is 0.692. The van der Waals surface area contributed by atoms with Crippen LogP contribution in [0, 0.1) is 0 Å². The number of aliphatic carboxylic acids is 1. The second-order valence-electron chi connectivity index (χ2n) is 4.71. The number of amides is 2. The first-order chi connectivity index (χ1) is 10.6. The van der Waals surface area contributed by atoms with E-state index in [0.717, 1.165) is 5.56 Å². The van der Waals surface area contributed by atoms with E-state index in [1.165, 1.54) is 0 Å². The average molecular weight is 329 g/mol. The Labute approximate surface area is 132 Å². The number of urea groups is 1. The SMILES string of the molecule is O=C(O)CCCNC(=O)NCc1cc(Cl)c2c(c1)OCCO2. The third kappa shape index (κ3) is 4.70. The number of rotatable bonds is 6. The number of ether oxygens (including phenoxy) is 2. The summed E-state index contributed by atoms with van der Waals surface area (Å²) in [6.45, 7) is 1.51. The molecule has 120 valence electrons. The van der Waals surface area contributed by atoms with Gasteiger partial charge in [-0.15, -0.1) is 0 Å². The molecule has 0 aliphatic carbocycles. The Bertz CT molecular complexity index is 564. The van der Waals surface area contributed by atoms with Crippen molar-refractivity contribution in [3.63, 3.8) is 0 Å². The maximum Gasteiger partial charge on any atom is 0.315 e. The highest BCUT2D eigenvalue weighted by atomic mass is 35.5. The summed E-state index contributed by atoms with van der Waals surface area (Å²) in [6.07, 6.45) is 0.413. The molecule has 0 saturated carbocycles. The summed E-state index contributed by atoms with van der Waals surface area (Å²) < 4.78 is 10.9. The molecular formula is C14H17ClN2O5. The number of carbonyl (C=O) groups excluding carboxylic acids is 1. The van der Waals surface area contributed by atoms with Gasteiger partial charge in [-0.1, -0.05) is 11.6 Å². The number of carbonyl (C=O) groups is 2. The van der Waals surface area contributed by atoms with Crippen molar-refractivity contribution < 1.29 is 24.2 Å². The molecule has 22 heavy (non-hydrogen) atoms. The number of halogens is 1. The highest BCUT2D eigenvalue weighted by molar-refractivity contribution is 6.32. The van der Waals surface area contributed by atoms with Crippen LogP contribution in [0.3, 0.4) is 0 Å². The van der Waals surface area contributed by atoms with E-state index in [0.29, 0.717) is 42.7 Å².